The Morgan fingerprint density at radius 1 is 1.33 bits per heavy atom. The molecule has 1 aliphatic rings. The lowest BCUT2D eigenvalue weighted by Crippen LogP contribution is -2.23. The number of para-hydroxylation sites is 1. The Kier molecular flexibility index (Phi) is 2.51. The maximum atomic E-state index is 11.7. The standard InChI is InChI=1S/C13H13N3O2/c1-18-11-5-3-2-4-8(11)9-6-12(17)15-13-10(9)7-14-16-13/h2-5,7,9H,6H2,1H3,(H2,14,15,16,17). The summed E-state index contributed by atoms with van der Waals surface area (Å²) in [6, 6.07) is 7.76. The molecule has 1 aliphatic heterocycles. The molecule has 1 aromatic carbocycles. The van der Waals surface area contributed by atoms with Crippen molar-refractivity contribution < 1.29 is 9.53 Å². The van der Waals surface area contributed by atoms with Crippen LogP contribution in [0.4, 0.5) is 5.82 Å². The lowest BCUT2D eigenvalue weighted by molar-refractivity contribution is -0.116. The van der Waals surface area contributed by atoms with Gasteiger partial charge >= 0.3 is 0 Å². The van der Waals surface area contributed by atoms with E-state index >= 15 is 0 Å². The average molecular weight is 243 g/mol. The molecule has 0 fully saturated rings. The van der Waals surface area contributed by atoms with Gasteiger partial charge in [0.25, 0.3) is 0 Å². The average Bonchev–Trinajstić information content (AvgIpc) is 2.85. The first kappa shape index (κ1) is 10.8. The number of nitrogens with one attached hydrogen (secondary N) is 2. The molecule has 92 valence electrons. The van der Waals surface area contributed by atoms with E-state index in [9.17, 15) is 4.79 Å². The summed E-state index contributed by atoms with van der Waals surface area (Å²) in [4.78, 5) is 11.7. The minimum atomic E-state index is -0.0114. The van der Waals surface area contributed by atoms with Gasteiger partial charge in [-0.1, -0.05) is 18.2 Å². The highest BCUT2D eigenvalue weighted by Crippen LogP contribution is 2.39. The van der Waals surface area contributed by atoms with Crippen LogP contribution in [0, 0.1) is 0 Å². The fraction of sp³-hybridized carbons (Fsp3) is 0.231. The number of nitrogens with zero attached hydrogens (tertiary/aromatic N) is 1. The predicted octanol–water partition coefficient (Wildman–Crippen LogP) is 1.89. The highest BCUT2D eigenvalue weighted by molar-refractivity contribution is 5.94. The molecular formula is C13H13N3O2. The third-order valence-electron chi connectivity index (χ3n) is 3.21. The number of methoxy groups -OCH3 is 1. The molecule has 0 radical (unpaired) electrons. The van der Waals surface area contributed by atoms with Crippen molar-refractivity contribution in [2.24, 2.45) is 0 Å². The fourth-order valence-electron chi connectivity index (χ4n) is 2.38. The van der Waals surface area contributed by atoms with Crippen molar-refractivity contribution in [3.63, 3.8) is 0 Å². The molecule has 1 amide bonds. The second kappa shape index (κ2) is 4.18. The van der Waals surface area contributed by atoms with Gasteiger partial charge in [-0.25, -0.2) is 0 Å². The van der Waals surface area contributed by atoms with Crippen molar-refractivity contribution in [3.8, 4) is 5.75 Å². The molecule has 0 saturated heterocycles. The molecule has 0 bridgehead atoms. The van der Waals surface area contributed by atoms with E-state index in [1.54, 1.807) is 13.3 Å². The third-order valence-corrected chi connectivity index (χ3v) is 3.21. The van der Waals surface area contributed by atoms with E-state index in [-0.39, 0.29) is 11.8 Å². The summed E-state index contributed by atoms with van der Waals surface area (Å²) in [7, 11) is 1.64. The number of aromatic nitrogens is 2. The van der Waals surface area contributed by atoms with Crippen LogP contribution < -0.4 is 10.1 Å². The monoisotopic (exact) mass is 243 g/mol. The maximum Gasteiger partial charge on any atom is 0.226 e. The summed E-state index contributed by atoms with van der Waals surface area (Å²) >= 11 is 0. The van der Waals surface area contributed by atoms with Crippen LogP contribution in [-0.2, 0) is 4.79 Å². The number of carbonyl (C=O) groups is 1. The van der Waals surface area contributed by atoms with Gasteiger partial charge in [-0.3, -0.25) is 9.89 Å². The van der Waals surface area contributed by atoms with Gasteiger partial charge in [0.1, 0.15) is 11.6 Å². The lowest BCUT2D eigenvalue weighted by atomic mass is 9.87. The third kappa shape index (κ3) is 1.64. The second-order valence-electron chi connectivity index (χ2n) is 4.25. The van der Waals surface area contributed by atoms with Crippen LogP contribution in [-0.4, -0.2) is 23.2 Å². The molecule has 1 aromatic heterocycles. The Labute approximate surface area is 104 Å². The van der Waals surface area contributed by atoms with Gasteiger partial charge in [-0.15, -0.1) is 0 Å². The summed E-state index contributed by atoms with van der Waals surface area (Å²) in [6.45, 7) is 0. The van der Waals surface area contributed by atoms with Crippen molar-refractivity contribution in [3.05, 3.63) is 41.6 Å². The zero-order valence-corrected chi connectivity index (χ0v) is 9.93. The van der Waals surface area contributed by atoms with Crippen LogP contribution in [0.5, 0.6) is 5.75 Å². The van der Waals surface area contributed by atoms with E-state index in [0.29, 0.717) is 12.2 Å². The van der Waals surface area contributed by atoms with E-state index < -0.39 is 0 Å². The minimum Gasteiger partial charge on any atom is -0.496 e. The Hall–Kier alpha value is -2.30. The van der Waals surface area contributed by atoms with Crippen LogP contribution in [0.1, 0.15) is 23.5 Å². The summed E-state index contributed by atoms with van der Waals surface area (Å²) in [6.07, 6.45) is 2.17. The molecule has 5 heteroatoms. The molecule has 18 heavy (non-hydrogen) atoms. The van der Waals surface area contributed by atoms with E-state index in [1.807, 2.05) is 24.3 Å². The highest BCUT2D eigenvalue weighted by Gasteiger charge is 2.29. The Morgan fingerprint density at radius 2 is 2.17 bits per heavy atom. The smallest absolute Gasteiger partial charge is 0.226 e. The zero-order chi connectivity index (χ0) is 12.5. The fourth-order valence-corrected chi connectivity index (χ4v) is 2.38. The summed E-state index contributed by atoms with van der Waals surface area (Å²) in [5.74, 6) is 1.46. The van der Waals surface area contributed by atoms with Crippen molar-refractivity contribution in [1.29, 1.82) is 0 Å². The van der Waals surface area contributed by atoms with Crippen LogP contribution in [0.2, 0.25) is 0 Å². The Morgan fingerprint density at radius 3 is 3.00 bits per heavy atom. The first-order valence-corrected chi connectivity index (χ1v) is 5.75. The van der Waals surface area contributed by atoms with Gasteiger partial charge < -0.3 is 10.1 Å². The van der Waals surface area contributed by atoms with Gasteiger partial charge in [-0.05, 0) is 6.07 Å². The Balaban J connectivity index is 2.10. The van der Waals surface area contributed by atoms with Gasteiger partial charge in [0.2, 0.25) is 5.91 Å². The molecule has 2 aromatic rings. The number of aromatic amines is 1. The quantitative estimate of drug-likeness (QED) is 0.846. The largest absolute Gasteiger partial charge is 0.496 e. The van der Waals surface area contributed by atoms with Crippen molar-refractivity contribution in [2.45, 2.75) is 12.3 Å². The molecular weight excluding hydrogens is 230 g/mol. The first-order valence-electron chi connectivity index (χ1n) is 5.75. The van der Waals surface area contributed by atoms with E-state index in [0.717, 1.165) is 16.9 Å². The number of amides is 1. The number of H-pyrrole nitrogens is 1. The lowest BCUT2D eigenvalue weighted by Gasteiger charge is -2.23. The van der Waals surface area contributed by atoms with Gasteiger partial charge in [0, 0.05) is 23.5 Å². The minimum absolute atomic E-state index is 0.0105. The predicted molar refractivity (Wildman–Crippen MR) is 66.7 cm³/mol. The number of anilines is 1. The molecule has 0 spiro atoms. The van der Waals surface area contributed by atoms with Gasteiger partial charge in [0.15, 0.2) is 0 Å². The van der Waals surface area contributed by atoms with Crippen molar-refractivity contribution >= 4 is 11.7 Å². The van der Waals surface area contributed by atoms with Crippen LogP contribution in [0.3, 0.4) is 0 Å². The van der Waals surface area contributed by atoms with Crippen LogP contribution in [0.15, 0.2) is 30.5 Å². The summed E-state index contributed by atoms with van der Waals surface area (Å²) in [5, 5.41) is 9.57. The van der Waals surface area contributed by atoms with Crippen molar-refractivity contribution in [1.82, 2.24) is 10.2 Å². The van der Waals surface area contributed by atoms with E-state index in [2.05, 4.69) is 15.5 Å². The number of ether oxygens (including phenoxy) is 1. The molecule has 2 heterocycles. The normalized spacial score (nSPS) is 18.1. The highest BCUT2D eigenvalue weighted by atomic mass is 16.5. The van der Waals surface area contributed by atoms with E-state index in [4.69, 9.17) is 4.74 Å². The summed E-state index contributed by atoms with van der Waals surface area (Å²) in [5.41, 5.74) is 2.01. The molecule has 1 unspecified atom stereocenters. The topological polar surface area (TPSA) is 67.0 Å². The maximum absolute atomic E-state index is 11.7. The molecule has 2 N–H and O–H groups in total. The van der Waals surface area contributed by atoms with Gasteiger partial charge in [0.05, 0.1) is 13.3 Å². The molecule has 0 saturated carbocycles. The van der Waals surface area contributed by atoms with Crippen molar-refractivity contribution in [2.75, 3.05) is 12.4 Å². The number of benzene rings is 1. The number of carbonyl (C=O) groups excluding carboxylic acids is 1. The zero-order valence-electron chi connectivity index (χ0n) is 9.93. The molecule has 0 aliphatic carbocycles. The molecule has 1 atom stereocenters. The summed E-state index contributed by atoms with van der Waals surface area (Å²) < 4.78 is 5.36. The molecule has 5 nitrogen and oxygen atoms in total. The molecule has 3 rings (SSSR count). The Bertz CT molecular complexity index is 591. The second-order valence-corrected chi connectivity index (χ2v) is 4.25. The van der Waals surface area contributed by atoms with Crippen LogP contribution >= 0.6 is 0 Å². The first-order chi connectivity index (χ1) is 8.79. The number of fused-ring (bicyclic) bond motifs is 1. The SMILES string of the molecule is COc1ccccc1C1CC(=O)Nc2[nH]ncc21. The van der Waals surface area contributed by atoms with Crippen LogP contribution in [0.25, 0.3) is 0 Å². The number of rotatable bonds is 2. The van der Waals surface area contributed by atoms with Gasteiger partial charge in [-0.2, -0.15) is 5.10 Å². The number of hydrogen-bond acceptors (Lipinski definition) is 3. The van der Waals surface area contributed by atoms with E-state index in [1.165, 1.54) is 0 Å². The number of hydrogen-bond donors (Lipinski definition) is 2.